The highest BCUT2D eigenvalue weighted by molar-refractivity contribution is 7.89. The maximum Gasteiger partial charge on any atom is 0.244 e. The van der Waals surface area contributed by atoms with Crippen molar-refractivity contribution in [2.45, 2.75) is 31.5 Å². The van der Waals surface area contributed by atoms with Gasteiger partial charge in [-0.2, -0.15) is 5.10 Å². The largest absolute Gasteiger partial charge is 0.350 e. The van der Waals surface area contributed by atoms with Crippen LogP contribution in [-0.2, 0) is 19.5 Å². The Balaban J connectivity index is 1.95. The van der Waals surface area contributed by atoms with Crippen LogP contribution in [0.4, 0.5) is 0 Å². The van der Waals surface area contributed by atoms with E-state index in [2.05, 4.69) is 14.9 Å². The SMILES string of the molecule is Cc1n[nH]c(C)c1S(=O)(=O)NCCC1OCCO1. The fraction of sp³-hybridized carbons (Fsp3) is 0.700. The van der Waals surface area contributed by atoms with Gasteiger partial charge in [-0.3, -0.25) is 5.10 Å². The molecule has 1 aliphatic heterocycles. The second-order valence-corrected chi connectivity index (χ2v) is 5.82. The van der Waals surface area contributed by atoms with Crippen LogP contribution in [0, 0.1) is 13.8 Å². The van der Waals surface area contributed by atoms with Crippen LogP contribution in [0.3, 0.4) is 0 Å². The molecule has 2 heterocycles. The van der Waals surface area contributed by atoms with Crippen molar-refractivity contribution in [1.29, 1.82) is 0 Å². The van der Waals surface area contributed by atoms with Gasteiger partial charge >= 0.3 is 0 Å². The second-order valence-electron chi connectivity index (χ2n) is 4.12. The first-order chi connectivity index (χ1) is 8.50. The molecule has 0 aliphatic carbocycles. The lowest BCUT2D eigenvalue weighted by Crippen LogP contribution is -2.28. The lowest BCUT2D eigenvalue weighted by atomic mass is 10.4. The Hall–Kier alpha value is -0.960. The van der Waals surface area contributed by atoms with E-state index in [1.807, 2.05) is 0 Å². The molecule has 1 fully saturated rings. The monoisotopic (exact) mass is 275 g/mol. The summed E-state index contributed by atoms with van der Waals surface area (Å²) in [7, 11) is -3.52. The predicted molar refractivity (Wildman–Crippen MR) is 63.6 cm³/mol. The molecule has 18 heavy (non-hydrogen) atoms. The first kappa shape index (κ1) is 13.5. The molecule has 0 bridgehead atoms. The predicted octanol–water partition coefficient (Wildman–Crippen LogP) is 0.0678. The Labute approximate surface area is 106 Å². The molecule has 0 spiro atoms. The van der Waals surface area contributed by atoms with Crippen molar-refractivity contribution < 1.29 is 17.9 Å². The van der Waals surface area contributed by atoms with Gasteiger partial charge in [0.1, 0.15) is 4.90 Å². The van der Waals surface area contributed by atoms with E-state index in [4.69, 9.17) is 9.47 Å². The molecule has 2 rings (SSSR count). The number of aryl methyl sites for hydroxylation is 2. The summed E-state index contributed by atoms with van der Waals surface area (Å²) >= 11 is 0. The number of aromatic amines is 1. The van der Waals surface area contributed by atoms with Gasteiger partial charge in [-0.1, -0.05) is 0 Å². The maximum absolute atomic E-state index is 12.1. The molecular formula is C10H17N3O4S. The molecule has 8 heteroatoms. The van der Waals surface area contributed by atoms with Crippen LogP contribution in [0.1, 0.15) is 17.8 Å². The molecular weight excluding hydrogens is 258 g/mol. The van der Waals surface area contributed by atoms with Crippen molar-refractivity contribution in [3.63, 3.8) is 0 Å². The third-order valence-electron chi connectivity index (χ3n) is 2.69. The van der Waals surface area contributed by atoms with Crippen LogP contribution in [0.5, 0.6) is 0 Å². The van der Waals surface area contributed by atoms with E-state index >= 15 is 0 Å². The van der Waals surface area contributed by atoms with E-state index in [9.17, 15) is 8.42 Å². The maximum atomic E-state index is 12.1. The summed E-state index contributed by atoms with van der Waals surface area (Å²) in [5.41, 5.74) is 1.00. The molecule has 0 atom stereocenters. The van der Waals surface area contributed by atoms with Crippen LogP contribution in [0.15, 0.2) is 4.90 Å². The summed E-state index contributed by atoms with van der Waals surface area (Å²) < 4.78 is 37.1. The number of H-pyrrole nitrogens is 1. The fourth-order valence-electron chi connectivity index (χ4n) is 1.89. The molecule has 0 amide bonds. The molecule has 1 saturated heterocycles. The number of aromatic nitrogens is 2. The summed E-state index contributed by atoms with van der Waals surface area (Å²) in [6.07, 6.45) is 0.189. The van der Waals surface area contributed by atoms with Crippen LogP contribution in [0.25, 0.3) is 0 Å². The number of sulfonamides is 1. The van der Waals surface area contributed by atoms with E-state index in [-0.39, 0.29) is 17.7 Å². The average Bonchev–Trinajstić information content (AvgIpc) is 2.89. The van der Waals surface area contributed by atoms with Gasteiger partial charge in [-0.05, 0) is 13.8 Å². The number of hydrogen-bond acceptors (Lipinski definition) is 5. The molecule has 102 valence electrons. The van der Waals surface area contributed by atoms with Crippen LogP contribution < -0.4 is 4.72 Å². The standard InChI is InChI=1S/C10H17N3O4S/c1-7-10(8(2)13-12-7)18(14,15)11-4-3-9-16-5-6-17-9/h9,11H,3-6H2,1-2H3,(H,12,13). The fourth-order valence-corrected chi connectivity index (χ4v) is 3.31. The Morgan fingerprint density at radius 3 is 2.61 bits per heavy atom. The molecule has 7 nitrogen and oxygen atoms in total. The number of hydrogen-bond donors (Lipinski definition) is 2. The van der Waals surface area contributed by atoms with Gasteiger partial charge < -0.3 is 9.47 Å². The number of nitrogens with zero attached hydrogens (tertiary/aromatic N) is 1. The minimum Gasteiger partial charge on any atom is -0.350 e. The van der Waals surface area contributed by atoms with Gasteiger partial charge in [-0.25, -0.2) is 13.1 Å². The van der Waals surface area contributed by atoms with Crippen LogP contribution >= 0.6 is 0 Å². The molecule has 0 radical (unpaired) electrons. The van der Waals surface area contributed by atoms with E-state index in [0.29, 0.717) is 31.0 Å². The van der Waals surface area contributed by atoms with E-state index in [1.54, 1.807) is 13.8 Å². The smallest absolute Gasteiger partial charge is 0.244 e. The van der Waals surface area contributed by atoms with E-state index in [1.165, 1.54) is 0 Å². The minimum atomic E-state index is -3.52. The zero-order valence-corrected chi connectivity index (χ0v) is 11.2. The van der Waals surface area contributed by atoms with Crippen LogP contribution in [0.2, 0.25) is 0 Å². The van der Waals surface area contributed by atoms with Gasteiger partial charge in [-0.15, -0.1) is 0 Å². The first-order valence-electron chi connectivity index (χ1n) is 5.75. The molecule has 1 aliphatic rings. The summed E-state index contributed by atoms with van der Waals surface area (Å²) in [6.45, 7) is 4.74. The lowest BCUT2D eigenvalue weighted by molar-refractivity contribution is -0.0451. The lowest BCUT2D eigenvalue weighted by Gasteiger charge is -2.10. The first-order valence-corrected chi connectivity index (χ1v) is 7.23. The second kappa shape index (κ2) is 5.35. The molecule has 1 aromatic rings. The van der Waals surface area contributed by atoms with Gasteiger partial charge in [0.25, 0.3) is 0 Å². The highest BCUT2D eigenvalue weighted by Crippen LogP contribution is 2.16. The van der Waals surface area contributed by atoms with Crippen molar-refractivity contribution in [1.82, 2.24) is 14.9 Å². The van der Waals surface area contributed by atoms with E-state index < -0.39 is 10.0 Å². The Morgan fingerprint density at radius 1 is 1.39 bits per heavy atom. The molecule has 0 saturated carbocycles. The Morgan fingerprint density at radius 2 is 2.06 bits per heavy atom. The van der Waals surface area contributed by atoms with Crippen molar-refractivity contribution in [3.8, 4) is 0 Å². The van der Waals surface area contributed by atoms with Crippen molar-refractivity contribution >= 4 is 10.0 Å². The summed E-state index contributed by atoms with van der Waals surface area (Å²) in [4.78, 5) is 0.218. The molecule has 2 N–H and O–H groups in total. The third-order valence-corrected chi connectivity index (χ3v) is 4.42. The molecule has 1 aromatic heterocycles. The zero-order chi connectivity index (χ0) is 13.2. The topological polar surface area (TPSA) is 93.3 Å². The van der Waals surface area contributed by atoms with Crippen molar-refractivity contribution in [2.75, 3.05) is 19.8 Å². The van der Waals surface area contributed by atoms with E-state index in [0.717, 1.165) is 0 Å². The number of nitrogens with one attached hydrogen (secondary N) is 2. The highest BCUT2D eigenvalue weighted by Gasteiger charge is 2.23. The Kier molecular flexibility index (Phi) is 4.00. The zero-order valence-electron chi connectivity index (χ0n) is 10.4. The van der Waals surface area contributed by atoms with Crippen molar-refractivity contribution in [3.05, 3.63) is 11.4 Å². The van der Waals surface area contributed by atoms with Gasteiger partial charge in [0.05, 0.1) is 24.6 Å². The number of rotatable bonds is 5. The Bertz CT molecular complexity index is 486. The summed E-state index contributed by atoms with van der Waals surface area (Å²) in [5.74, 6) is 0. The number of ether oxygens (including phenoxy) is 2. The minimum absolute atomic E-state index is 0.218. The molecule has 0 aromatic carbocycles. The van der Waals surface area contributed by atoms with Crippen LogP contribution in [-0.4, -0.2) is 44.7 Å². The van der Waals surface area contributed by atoms with Gasteiger partial charge in [0.15, 0.2) is 6.29 Å². The van der Waals surface area contributed by atoms with Gasteiger partial charge in [0.2, 0.25) is 10.0 Å². The summed E-state index contributed by atoms with van der Waals surface area (Å²) in [5, 5.41) is 6.53. The average molecular weight is 275 g/mol. The highest BCUT2D eigenvalue weighted by atomic mass is 32.2. The molecule has 0 unspecified atom stereocenters. The summed E-state index contributed by atoms with van der Waals surface area (Å²) in [6, 6.07) is 0. The normalized spacial score (nSPS) is 17.4. The third kappa shape index (κ3) is 2.89. The van der Waals surface area contributed by atoms with Crippen molar-refractivity contribution in [2.24, 2.45) is 0 Å². The van der Waals surface area contributed by atoms with Gasteiger partial charge in [0, 0.05) is 13.0 Å². The quantitative estimate of drug-likeness (QED) is 0.793.